The van der Waals surface area contributed by atoms with Crippen LogP contribution in [0.5, 0.6) is 0 Å². The molecule has 0 fully saturated rings. The molecule has 0 aliphatic carbocycles. The third-order valence-corrected chi connectivity index (χ3v) is 3.66. The molecule has 0 amide bonds. The first-order chi connectivity index (χ1) is 8.64. The number of rotatable bonds is 5. The molecular formula is C11H13NO6S. The molecule has 0 bridgehead atoms. The van der Waals surface area contributed by atoms with E-state index in [1.54, 1.807) is 0 Å². The predicted octanol–water partition coefficient (Wildman–Crippen LogP) is 0.624. The fourth-order valence-corrected chi connectivity index (χ4v) is 2.74. The Bertz CT molecular complexity index is 609. The van der Waals surface area contributed by atoms with E-state index < -0.39 is 28.0 Å². The maximum Gasteiger partial charge on any atom is 0.335 e. The van der Waals surface area contributed by atoms with Crippen LogP contribution >= 0.6 is 0 Å². The van der Waals surface area contributed by atoms with Gasteiger partial charge in [-0.1, -0.05) is 6.07 Å². The van der Waals surface area contributed by atoms with Gasteiger partial charge in [0.2, 0.25) is 10.0 Å². The Morgan fingerprint density at radius 2 is 1.84 bits per heavy atom. The Kier molecular flexibility index (Phi) is 4.15. The molecule has 0 heterocycles. The van der Waals surface area contributed by atoms with Crippen molar-refractivity contribution in [3.63, 3.8) is 0 Å². The van der Waals surface area contributed by atoms with Gasteiger partial charge >= 0.3 is 11.9 Å². The highest BCUT2D eigenvalue weighted by Gasteiger charge is 2.29. The van der Waals surface area contributed by atoms with Crippen LogP contribution in [0, 0.1) is 0 Å². The van der Waals surface area contributed by atoms with Gasteiger partial charge in [-0.15, -0.1) is 0 Å². The molecule has 0 saturated carbocycles. The number of carboxylic acids is 2. The van der Waals surface area contributed by atoms with Crippen LogP contribution in [0.4, 0.5) is 5.69 Å². The van der Waals surface area contributed by atoms with E-state index in [4.69, 9.17) is 10.2 Å². The summed E-state index contributed by atoms with van der Waals surface area (Å²) in [6, 6.07) is 3.76. The van der Waals surface area contributed by atoms with Crippen molar-refractivity contribution in [1.82, 2.24) is 0 Å². The van der Waals surface area contributed by atoms with Gasteiger partial charge in [0, 0.05) is 0 Å². The second kappa shape index (κ2) is 5.27. The van der Waals surface area contributed by atoms with Crippen molar-refractivity contribution in [2.45, 2.75) is 13.0 Å². The Balaban J connectivity index is 3.38. The molecule has 8 heteroatoms. The summed E-state index contributed by atoms with van der Waals surface area (Å²) in [5.74, 6) is -2.55. The first-order valence-electron chi connectivity index (χ1n) is 5.20. The van der Waals surface area contributed by atoms with Gasteiger partial charge in [-0.2, -0.15) is 0 Å². The van der Waals surface area contributed by atoms with Crippen molar-refractivity contribution in [1.29, 1.82) is 0 Å². The van der Waals surface area contributed by atoms with E-state index in [1.165, 1.54) is 25.1 Å². The predicted molar refractivity (Wildman–Crippen MR) is 67.8 cm³/mol. The van der Waals surface area contributed by atoms with Crippen molar-refractivity contribution in [3.8, 4) is 0 Å². The smallest absolute Gasteiger partial charge is 0.335 e. The maximum atomic E-state index is 11.7. The average Bonchev–Trinajstić information content (AvgIpc) is 2.27. The van der Waals surface area contributed by atoms with Crippen molar-refractivity contribution in [2.75, 3.05) is 10.6 Å². The molecule has 1 atom stereocenters. The number of hydrogen-bond donors (Lipinski definition) is 2. The summed E-state index contributed by atoms with van der Waals surface area (Å²) < 4.78 is 24.0. The zero-order valence-corrected chi connectivity index (χ0v) is 11.1. The minimum atomic E-state index is -3.85. The summed E-state index contributed by atoms with van der Waals surface area (Å²) >= 11 is 0. The first kappa shape index (κ1) is 15.0. The summed E-state index contributed by atoms with van der Waals surface area (Å²) in [7, 11) is -3.85. The van der Waals surface area contributed by atoms with Gasteiger partial charge in [0.25, 0.3) is 0 Å². The molecule has 0 spiro atoms. The van der Waals surface area contributed by atoms with Gasteiger partial charge in [0.05, 0.1) is 17.5 Å². The number of carboxylic acid groups (broad SMARTS) is 2. The molecular weight excluding hydrogens is 274 g/mol. The minimum absolute atomic E-state index is 0.00250. The molecule has 0 radical (unpaired) electrons. The number of aromatic carboxylic acids is 1. The van der Waals surface area contributed by atoms with Crippen LogP contribution in [0.1, 0.15) is 17.3 Å². The van der Waals surface area contributed by atoms with Crippen molar-refractivity contribution >= 4 is 27.6 Å². The number of aliphatic carboxylic acids is 1. The summed E-state index contributed by atoms with van der Waals surface area (Å²) in [4.78, 5) is 21.8. The topological polar surface area (TPSA) is 112 Å². The summed E-state index contributed by atoms with van der Waals surface area (Å²) in [6.07, 6.45) is 0.861. The van der Waals surface area contributed by atoms with Crippen LogP contribution < -0.4 is 4.31 Å². The monoisotopic (exact) mass is 287 g/mol. The van der Waals surface area contributed by atoms with Gasteiger partial charge in [0.1, 0.15) is 6.04 Å². The lowest BCUT2D eigenvalue weighted by Gasteiger charge is -2.26. The average molecular weight is 287 g/mol. The van der Waals surface area contributed by atoms with Gasteiger partial charge < -0.3 is 10.2 Å². The lowest BCUT2D eigenvalue weighted by molar-refractivity contribution is -0.137. The largest absolute Gasteiger partial charge is 0.480 e. The molecule has 0 aromatic heterocycles. The number of anilines is 1. The number of sulfonamides is 1. The standard InChI is InChI=1S/C11H13NO6S/c1-7(10(13)14)12(19(2,17)18)9-5-3-4-8(6-9)11(15)16/h3-7H,1-2H3,(H,13,14)(H,15,16). The highest BCUT2D eigenvalue weighted by molar-refractivity contribution is 7.92. The molecule has 0 aliphatic rings. The minimum Gasteiger partial charge on any atom is -0.480 e. The van der Waals surface area contributed by atoms with E-state index in [9.17, 15) is 18.0 Å². The molecule has 1 unspecified atom stereocenters. The van der Waals surface area contributed by atoms with E-state index in [0.29, 0.717) is 4.31 Å². The van der Waals surface area contributed by atoms with E-state index >= 15 is 0 Å². The van der Waals surface area contributed by atoms with Crippen LogP contribution in [0.2, 0.25) is 0 Å². The molecule has 0 saturated heterocycles. The SMILES string of the molecule is CC(C(=O)O)N(c1cccc(C(=O)O)c1)S(C)(=O)=O. The normalized spacial score (nSPS) is 12.7. The van der Waals surface area contributed by atoms with Crippen LogP contribution in [-0.2, 0) is 14.8 Å². The lowest BCUT2D eigenvalue weighted by atomic mass is 10.2. The molecule has 1 rings (SSSR count). The van der Waals surface area contributed by atoms with E-state index in [0.717, 1.165) is 12.3 Å². The fourth-order valence-electron chi connectivity index (χ4n) is 1.58. The van der Waals surface area contributed by atoms with Crippen molar-refractivity contribution in [3.05, 3.63) is 29.8 Å². The van der Waals surface area contributed by atoms with Crippen LogP contribution in [-0.4, -0.2) is 42.9 Å². The van der Waals surface area contributed by atoms with Gasteiger partial charge in [-0.25, -0.2) is 18.0 Å². The number of nitrogens with zero attached hydrogens (tertiary/aromatic N) is 1. The second-order valence-electron chi connectivity index (χ2n) is 3.93. The molecule has 104 valence electrons. The second-order valence-corrected chi connectivity index (χ2v) is 5.79. The van der Waals surface area contributed by atoms with Gasteiger partial charge in [0.15, 0.2) is 0 Å². The number of carbonyl (C=O) groups is 2. The van der Waals surface area contributed by atoms with E-state index in [1.807, 2.05) is 0 Å². The Labute approximate surface area is 110 Å². The Morgan fingerprint density at radius 3 is 2.26 bits per heavy atom. The quantitative estimate of drug-likeness (QED) is 0.821. The van der Waals surface area contributed by atoms with Gasteiger partial charge in [-0.05, 0) is 25.1 Å². The zero-order chi connectivity index (χ0) is 14.8. The van der Waals surface area contributed by atoms with Crippen molar-refractivity contribution in [2.24, 2.45) is 0 Å². The van der Waals surface area contributed by atoms with Crippen LogP contribution in [0.25, 0.3) is 0 Å². The highest BCUT2D eigenvalue weighted by atomic mass is 32.2. The highest BCUT2D eigenvalue weighted by Crippen LogP contribution is 2.22. The summed E-state index contributed by atoms with van der Waals surface area (Å²) in [5.41, 5.74) is -0.124. The summed E-state index contributed by atoms with van der Waals surface area (Å²) in [6.45, 7) is 1.21. The zero-order valence-electron chi connectivity index (χ0n) is 10.3. The number of benzene rings is 1. The third kappa shape index (κ3) is 3.44. The van der Waals surface area contributed by atoms with E-state index in [2.05, 4.69) is 0 Å². The molecule has 19 heavy (non-hydrogen) atoms. The number of hydrogen-bond acceptors (Lipinski definition) is 4. The van der Waals surface area contributed by atoms with Crippen LogP contribution in [0.3, 0.4) is 0 Å². The fraction of sp³-hybridized carbons (Fsp3) is 0.273. The Morgan fingerprint density at radius 1 is 1.26 bits per heavy atom. The van der Waals surface area contributed by atoms with E-state index in [-0.39, 0.29) is 11.3 Å². The summed E-state index contributed by atoms with van der Waals surface area (Å²) in [5, 5.41) is 17.8. The Hall–Kier alpha value is -2.09. The maximum absolute atomic E-state index is 11.7. The molecule has 2 N–H and O–H groups in total. The third-order valence-electron chi connectivity index (χ3n) is 2.41. The molecule has 7 nitrogen and oxygen atoms in total. The molecule has 1 aromatic rings. The van der Waals surface area contributed by atoms with Crippen molar-refractivity contribution < 1.29 is 28.2 Å². The lowest BCUT2D eigenvalue weighted by Crippen LogP contribution is -2.42. The van der Waals surface area contributed by atoms with Gasteiger partial charge in [-0.3, -0.25) is 4.31 Å². The molecule has 0 aliphatic heterocycles. The van der Waals surface area contributed by atoms with Crippen LogP contribution in [0.15, 0.2) is 24.3 Å². The molecule has 1 aromatic carbocycles. The first-order valence-corrected chi connectivity index (χ1v) is 7.05.